The second-order valence-corrected chi connectivity index (χ2v) is 12.4. The summed E-state index contributed by atoms with van der Waals surface area (Å²) in [7, 11) is -2.87. The number of nitrogens with one attached hydrogen (secondary N) is 3. The molecule has 1 aromatic carbocycles. The highest BCUT2D eigenvalue weighted by molar-refractivity contribution is 7.51. The van der Waals surface area contributed by atoms with E-state index in [0.717, 1.165) is 37.1 Å². The Labute approximate surface area is 243 Å². The molecule has 1 aliphatic rings. The van der Waals surface area contributed by atoms with Gasteiger partial charge in [0, 0.05) is 32.1 Å². The van der Waals surface area contributed by atoms with Gasteiger partial charge >= 0.3 is 19.6 Å². The first-order valence-electron chi connectivity index (χ1n) is 14.0. The molecule has 42 heavy (non-hydrogen) atoms. The van der Waals surface area contributed by atoms with Crippen LogP contribution in [0.25, 0.3) is 11.0 Å². The molecule has 4 rings (SSSR count). The Morgan fingerprint density at radius 1 is 1.17 bits per heavy atom. The van der Waals surface area contributed by atoms with E-state index < -0.39 is 31.7 Å². The van der Waals surface area contributed by atoms with Crippen LogP contribution in [-0.2, 0) is 29.4 Å². The molecular formula is C27H38N7O7P. The number of unbranched alkanes of at least 4 members (excludes halogenated alkanes) is 3. The number of aryl methyl sites for hydroxylation is 1. The number of hydrogen-bond acceptors (Lipinski definition) is 6. The van der Waals surface area contributed by atoms with Gasteiger partial charge in [-0.1, -0.05) is 26.2 Å². The second kappa shape index (κ2) is 13.1. The van der Waals surface area contributed by atoms with Crippen LogP contribution in [0.3, 0.4) is 0 Å². The first kappa shape index (κ1) is 31.2. The lowest BCUT2D eigenvalue weighted by molar-refractivity contribution is -0.138. The molecule has 0 saturated carbocycles. The van der Waals surface area contributed by atoms with Gasteiger partial charge in [0.25, 0.3) is 5.91 Å². The van der Waals surface area contributed by atoms with E-state index in [-0.39, 0.29) is 17.5 Å². The van der Waals surface area contributed by atoms with Gasteiger partial charge in [-0.15, -0.1) is 0 Å². The van der Waals surface area contributed by atoms with Crippen LogP contribution in [0.2, 0.25) is 0 Å². The van der Waals surface area contributed by atoms with Gasteiger partial charge in [0.05, 0.1) is 41.0 Å². The van der Waals surface area contributed by atoms with Gasteiger partial charge in [0.2, 0.25) is 0 Å². The Hall–Kier alpha value is -3.74. The highest BCUT2D eigenvalue weighted by atomic mass is 31.2. The molecule has 14 nitrogen and oxygen atoms in total. The third-order valence-electron chi connectivity index (χ3n) is 7.44. The number of H-pyrrole nitrogens is 1. The summed E-state index contributed by atoms with van der Waals surface area (Å²) < 4.78 is 13.1. The van der Waals surface area contributed by atoms with Crippen LogP contribution in [0.5, 0.6) is 0 Å². The van der Waals surface area contributed by atoms with E-state index in [1.807, 2.05) is 11.5 Å². The zero-order chi connectivity index (χ0) is 30.6. The number of carboxylic acids is 1. The Morgan fingerprint density at radius 3 is 2.62 bits per heavy atom. The predicted octanol–water partition coefficient (Wildman–Crippen LogP) is 2.46. The SMILES string of the molecule is CCCCCCNC(=O)N1CCc2nc(C(C)c3nc4ccc(C(=O)NC(CP(=O)(O)O)C(=O)O)cc4n3C)[nH]c2C1. The van der Waals surface area contributed by atoms with Gasteiger partial charge in [-0.3, -0.25) is 9.36 Å². The van der Waals surface area contributed by atoms with Crippen molar-refractivity contribution in [2.24, 2.45) is 7.05 Å². The first-order valence-corrected chi connectivity index (χ1v) is 15.8. The number of benzene rings is 1. The molecule has 0 bridgehead atoms. The number of carboxylic acid groups (broad SMARTS) is 1. The number of nitrogens with zero attached hydrogens (tertiary/aromatic N) is 4. The Balaban J connectivity index is 1.46. The van der Waals surface area contributed by atoms with Gasteiger partial charge in [-0.05, 0) is 31.5 Å². The lowest BCUT2D eigenvalue weighted by atomic mass is 10.1. The molecule has 6 N–H and O–H groups in total. The van der Waals surface area contributed by atoms with Crippen LogP contribution in [0.4, 0.5) is 4.79 Å². The summed E-state index contributed by atoms with van der Waals surface area (Å²) in [5.74, 6) is -1.18. The molecule has 3 heterocycles. The molecule has 2 aromatic heterocycles. The number of aliphatic carboxylic acids is 1. The molecule has 2 unspecified atom stereocenters. The summed E-state index contributed by atoms with van der Waals surface area (Å²) in [6.45, 7) is 5.80. The van der Waals surface area contributed by atoms with E-state index in [1.54, 1.807) is 24.1 Å². The number of carbonyl (C=O) groups excluding carboxylic acids is 2. The Kier molecular flexibility index (Phi) is 9.70. The van der Waals surface area contributed by atoms with Gasteiger partial charge in [0.1, 0.15) is 17.7 Å². The van der Waals surface area contributed by atoms with Crippen molar-refractivity contribution >= 4 is 36.5 Å². The summed E-state index contributed by atoms with van der Waals surface area (Å²) in [4.78, 5) is 69.8. The lowest BCUT2D eigenvalue weighted by Gasteiger charge is -2.26. The third-order valence-corrected chi connectivity index (χ3v) is 8.28. The summed E-state index contributed by atoms with van der Waals surface area (Å²) in [6.07, 6.45) is 4.00. The van der Waals surface area contributed by atoms with Crippen molar-refractivity contribution < 1.29 is 33.8 Å². The smallest absolute Gasteiger partial charge is 0.328 e. The summed E-state index contributed by atoms with van der Waals surface area (Å²) in [5.41, 5.74) is 3.16. The molecule has 15 heteroatoms. The summed E-state index contributed by atoms with van der Waals surface area (Å²) >= 11 is 0. The number of urea groups is 1. The van der Waals surface area contributed by atoms with Crippen LogP contribution in [0, 0.1) is 0 Å². The standard InChI is InChI=1S/C27H38N7O7P/c1-4-5-6-7-11-28-27(38)34-12-10-18-20(14-34)30-23(29-18)16(2)24-31-19-9-8-17(13-22(19)33(24)3)25(35)32-21(26(36)37)15-42(39,40)41/h8-9,13,16,21H,4-7,10-12,14-15H2,1-3H3,(H,28,38)(H,29,30)(H,32,35)(H,36,37)(H2,39,40,41). The number of imidazole rings is 2. The minimum atomic E-state index is -4.67. The van der Waals surface area contributed by atoms with Crippen molar-refractivity contribution in [3.05, 3.63) is 46.8 Å². The van der Waals surface area contributed by atoms with Crippen LogP contribution in [0.15, 0.2) is 18.2 Å². The van der Waals surface area contributed by atoms with Crippen molar-refractivity contribution in [1.29, 1.82) is 0 Å². The van der Waals surface area contributed by atoms with E-state index in [1.165, 1.54) is 6.07 Å². The molecule has 0 radical (unpaired) electrons. The van der Waals surface area contributed by atoms with E-state index in [0.29, 0.717) is 48.7 Å². The third kappa shape index (κ3) is 7.36. The fraction of sp³-hybridized carbons (Fsp3) is 0.519. The summed E-state index contributed by atoms with van der Waals surface area (Å²) in [5, 5.41) is 14.5. The molecule has 3 aromatic rings. The van der Waals surface area contributed by atoms with Gasteiger partial charge < -0.3 is 40.0 Å². The van der Waals surface area contributed by atoms with Crippen LogP contribution in [0.1, 0.15) is 78.8 Å². The maximum Gasteiger partial charge on any atom is 0.328 e. The van der Waals surface area contributed by atoms with Crippen molar-refractivity contribution in [1.82, 2.24) is 35.1 Å². The number of fused-ring (bicyclic) bond motifs is 2. The molecule has 1 aliphatic heterocycles. The van der Waals surface area contributed by atoms with Gasteiger partial charge in [-0.2, -0.15) is 0 Å². The van der Waals surface area contributed by atoms with Crippen LogP contribution >= 0.6 is 7.60 Å². The van der Waals surface area contributed by atoms with E-state index in [4.69, 9.17) is 19.8 Å². The van der Waals surface area contributed by atoms with Crippen molar-refractivity contribution in [2.45, 2.75) is 64.5 Å². The average Bonchev–Trinajstić information content (AvgIpc) is 3.51. The van der Waals surface area contributed by atoms with Crippen LogP contribution < -0.4 is 10.6 Å². The number of aromatic nitrogens is 4. The molecule has 0 spiro atoms. The molecule has 0 saturated heterocycles. The monoisotopic (exact) mass is 603 g/mol. The van der Waals surface area contributed by atoms with E-state index >= 15 is 0 Å². The predicted molar refractivity (Wildman–Crippen MR) is 154 cm³/mol. The van der Waals surface area contributed by atoms with Gasteiger partial charge in [-0.25, -0.2) is 19.6 Å². The minimum Gasteiger partial charge on any atom is -0.480 e. The fourth-order valence-corrected chi connectivity index (χ4v) is 5.80. The van der Waals surface area contributed by atoms with Crippen molar-refractivity contribution in [3.8, 4) is 0 Å². The highest BCUT2D eigenvalue weighted by Crippen LogP contribution is 2.35. The second-order valence-electron chi connectivity index (χ2n) is 10.7. The maximum atomic E-state index is 12.7. The molecule has 2 atom stereocenters. The van der Waals surface area contributed by atoms with Crippen molar-refractivity contribution in [2.75, 3.05) is 19.3 Å². The summed E-state index contributed by atoms with van der Waals surface area (Å²) in [6, 6.07) is 2.84. The number of rotatable bonds is 12. The molecule has 0 fully saturated rings. The minimum absolute atomic E-state index is 0.0760. The number of aromatic amines is 1. The van der Waals surface area contributed by atoms with Crippen LogP contribution in [-0.4, -0.2) is 82.5 Å². The van der Waals surface area contributed by atoms with E-state index in [2.05, 4.69) is 22.5 Å². The average molecular weight is 604 g/mol. The largest absolute Gasteiger partial charge is 0.480 e. The number of carbonyl (C=O) groups is 3. The topological polar surface area (TPSA) is 203 Å². The Morgan fingerprint density at radius 2 is 1.93 bits per heavy atom. The zero-order valence-electron chi connectivity index (χ0n) is 24.0. The lowest BCUT2D eigenvalue weighted by Crippen LogP contribution is -2.43. The van der Waals surface area contributed by atoms with Crippen molar-refractivity contribution in [3.63, 3.8) is 0 Å². The number of hydrogen-bond donors (Lipinski definition) is 6. The molecular weight excluding hydrogens is 565 g/mol. The molecule has 0 aliphatic carbocycles. The number of amides is 3. The maximum absolute atomic E-state index is 12.7. The normalized spacial score (nSPS) is 14.8. The first-order chi connectivity index (χ1) is 19.9. The van der Waals surface area contributed by atoms with E-state index in [9.17, 15) is 24.1 Å². The quantitative estimate of drug-likeness (QED) is 0.133. The zero-order valence-corrected chi connectivity index (χ0v) is 24.9. The highest BCUT2D eigenvalue weighted by Gasteiger charge is 2.30. The molecule has 228 valence electrons. The fourth-order valence-electron chi connectivity index (χ4n) is 5.08. The Bertz CT molecular complexity index is 1510. The van der Waals surface area contributed by atoms with Gasteiger partial charge in [0.15, 0.2) is 0 Å². The molecule has 3 amide bonds.